The van der Waals surface area contributed by atoms with E-state index in [1.807, 2.05) is 12.3 Å². The lowest BCUT2D eigenvalue weighted by Crippen LogP contribution is -2.17. The fourth-order valence-electron chi connectivity index (χ4n) is 9.15. The summed E-state index contributed by atoms with van der Waals surface area (Å²) in [5, 5.41) is 14.9. The third-order valence-electron chi connectivity index (χ3n) is 12.3. The number of nitrogens with zero attached hydrogens (tertiary/aromatic N) is 4. The number of benzene rings is 6. The van der Waals surface area contributed by atoms with Crippen LogP contribution in [0.25, 0.3) is 78.0 Å². The van der Waals surface area contributed by atoms with Gasteiger partial charge in [-0.05, 0) is 99.5 Å². The van der Waals surface area contributed by atoms with E-state index in [2.05, 4.69) is 206 Å². The molecule has 3 aromatic heterocycles. The number of hydrogen-bond acceptors (Lipinski definition) is 3. The van der Waals surface area contributed by atoms with E-state index in [4.69, 9.17) is 9.97 Å². The minimum absolute atomic E-state index is 0.169. The predicted molar refractivity (Wildman–Crippen MR) is 257 cm³/mol. The molecule has 1 N–H and O–H groups in total. The summed E-state index contributed by atoms with van der Waals surface area (Å²) in [6.45, 7) is 22.3. The molecule has 9 aromatic rings. The van der Waals surface area contributed by atoms with Gasteiger partial charge in [0.1, 0.15) is 11.6 Å². The number of pyridine rings is 1. The van der Waals surface area contributed by atoms with Crippen molar-refractivity contribution in [3.05, 3.63) is 162 Å². The van der Waals surface area contributed by atoms with Gasteiger partial charge in [0.2, 0.25) is 0 Å². The Morgan fingerprint density at radius 3 is 1.87 bits per heavy atom. The van der Waals surface area contributed by atoms with Crippen LogP contribution in [-0.2, 0) is 10.8 Å². The zero-order valence-corrected chi connectivity index (χ0v) is 37.2. The fraction of sp³-hybridized carbons (Fsp3) is 0.250. The molecule has 0 aliphatic heterocycles. The standard InChI is InChI=1S/C56H56N4O/c1-34(2)39-23-18-24-40(35(3)4)52(39)60-48-28-19-25-41(51(48)58-54(60)44-32-37(55(5,6)7)33-45(53(44)61)56(8,9)10)36-30-43(46-26-16-17-29-57-46)50-42-22-14-15-27-47(42)59(49(50)31-36)38-20-12-11-13-21-38/h11-35,61H,1-10H3. The largest absolute Gasteiger partial charge is 0.507 e. The number of phenols is 1. The molecular formula is C56H56N4O. The van der Waals surface area contributed by atoms with Crippen molar-refractivity contribution >= 4 is 32.8 Å². The van der Waals surface area contributed by atoms with Crippen LogP contribution in [0.2, 0.25) is 0 Å². The van der Waals surface area contributed by atoms with Crippen LogP contribution in [0.3, 0.4) is 0 Å². The summed E-state index contributed by atoms with van der Waals surface area (Å²) in [5.74, 6) is 1.49. The number of imidazole rings is 1. The molecule has 61 heavy (non-hydrogen) atoms. The molecule has 0 aliphatic carbocycles. The van der Waals surface area contributed by atoms with Crippen LogP contribution in [0.1, 0.15) is 103 Å². The summed E-state index contributed by atoms with van der Waals surface area (Å²) in [6, 6.07) is 47.7. The van der Waals surface area contributed by atoms with E-state index in [9.17, 15) is 5.11 Å². The first-order valence-corrected chi connectivity index (χ1v) is 21.7. The average molecular weight is 801 g/mol. The quantitative estimate of drug-likeness (QED) is 0.175. The van der Waals surface area contributed by atoms with Gasteiger partial charge in [-0.3, -0.25) is 9.55 Å². The van der Waals surface area contributed by atoms with Crippen molar-refractivity contribution in [1.82, 2.24) is 19.1 Å². The molecule has 306 valence electrons. The van der Waals surface area contributed by atoms with Crippen molar-refractivity contribution < 1.29 is 5.11 Å². The van der Waals surface area contributed by atoms with Crippen molar-refractivity contribution in [2.75, 3.05) is 0 Å². The van der Waals surface area contributed by atoms with Crippen molar-refractivity contribution in [3.8, 4) is 50.9 Å². The molecule has 5 nitrogen and oxygen atoms in total. The van der Waals surface area contributed by atoms with Gasteiger partial charge in [0.25, 0.3) is 0 Å². The van der Waals surface area contributed by atoms with Gasteiger partial charge < -0.3 is 9.67 Å². The van der Waals surface area contributed by atoms with Gasteiger partial charge in [0, 0.05) is 39.3 Å². The summed E-state index contributed by atoms with van der Waals surface area (Å²) in [4.78, 5) is 10.7. The highest BCUT2D eigenvalue weighted by Crippen LogP contribution is 2.47. The average Bonchev–Trinajstić information content (AvgIpc) is 3.79. The Morgan fingerprint density at radius 2 is 1.21 bits per heavy atom. The molecule has 0 spiro atoms. The van der Waals surface area contributed by atoms with Gasteiger partial charge in [-0.25, -0.2) is 4.98 Å². The lowest BCUT2D eigenvalue weighted by Gasteiger charge is -2.28. The van der Waals surface area contributed by atoms with E-state index >= 15 is 0 Å². The highest BCUT2D eigenvalue weighted by molar-refractivity contribution is 6.17. The molecule has 9 rings (SSSR count). The van der Waals surface area contributed by atoms with Gasteiger partial charge in [-0.15, -0.1) is 0 Å². The van der Waals surface area contributed by atoms with Crippen LogP contribution >= 0.6 is 0 Å². The van der Waals surface area contributed by atoms with E-state index in [1.165, 1.54) is 16.5 Å². The number of fused-ring (bicyclic) bond motifs is 4. The molecule has 0 saturated carbocycles. The summed E-state index contributed by atoms with van der Waals surface area (Å²) in [7, 11) is 0. The lowest BCUT2D eigenvalue weighted by atomic mass is 9.79. The second kappa shape index (κ2) is 14.9. The Bertz CT molecular complexity index is 3070. The summed E-state index contributed by atoms with van der Waals surface area (Å²) in [5.41, 5.74) is 15.2. The topological polar surface area (TPSA) is 55.9 Å². The Labute approximate surface area is 360 Å². The van der Waals surface area contributed by atoms with Gasteiger partial charge in [0.05, 0.1) is 39.0 Å². The Kier molecular flexibility index (Phi) is 9.77. The molecule has 0 aliphatic rings. The van der Waals surface area contributed by atoms with Gasteiger partial charge in [0.15, 0.2) is 0 Å². The molecule has 0 bridgehead atoms. The van der Waals surface area contributed by atoms with Crippen LogP contribution in [0.15, 0.2) is 140 Å². The minimum atomic E-state index is -0.310. The molecule has 0 radical (unpaired) electrons. The first kappa shape index (κ1) is 40.0. The van der Waals surface area contributed by atoms with Gasteiger partial charge >= 0.3 is 0 Å². The summed E-state index contributed by atoms with van der Waals surface area (Å²) >= 11 is 0. The van der Waals surface area contributed by atoms with E-state index in [1.54, 1.807) is 0 Å². The SMILES string of the molecule is CC(C)c1cccc(C(C)C)c1-n1c(-c2cc(C(C)(C)C)cc(C(C)(C)C)c2O)nc2c(-c3cc(-c4ccccn4)c4c5ccccc5n(-c5ccccc5)c4c3)cccc21. The second-order valence-electron chi connectivity index (χ2n) is 19.3. The maximum absolute atomic E-state index is 12.5. The molecule has 0 fully saturated rings. The van der Waals surface area contributed by atoms with Gasteiger partial charge in [-0.2, -0.15) is 0 Å². The highest BCUT2D eigenvalue weighted by Gasteiger charge is 2.30. The normalized spacial score (nSPS) is 12.5. The highest BCUT2D eigenvalue weighted by atomic mass is 16.3. The van der Waals surface area contributed by atoms with E-state index < -0.39 is 0 Å². The van der Waals surface area contributed by atoms with Crippen LogP contribution in [0.4, 0.5) is 0 Å². The zero-order chi connectivity index (χ0) is 43.0. The first-order valence-electron chi connectivity index (χ1n) is 21.7. The molecule has 5 heteroatoms. The van der Waals surface area contributed by atoms with Crippen LogP contribution < -0.4 is 0 Å². The maximum atomic E-state index is 12.5. The van der Waals surface area contributed by atoms with Crippen LogP contribution in [0, 0.1) is 0 Å². The second-order valence-corrected chi connectivity index (χ2v) is 19.3. The van der Waals surface area contributed by atoms with Crippen LogP contribution in [0.5, 0.6) is 5.75 Å². The fourth-order valence-corrected chi connectivity index (χ4v) is 9.15. The lowest BCUT2D eigenvalue weighted by molar-refractivity contribution is 0.446. The molecule has 3 heterocycles. The Hall–Kier alpha value is -6.46. The molecule has 0 unspecified atom stereocenters. The van der Waals surface area contributed by atoms with E-state index in [-0.39, 0.29) is 28.4 Å². The third kappa shape index (κ3) is 6.81. The number of phenolic OH excluding ortho intramolecular Hbond substituents is 1. The number of hydrogen-bond donors (Lipinski definition) is 1. The number of aromatic hydroxyl groups is 1. The van der Waals surface area contributed by atoms with Crippen LogP contribution in [-0.4, -0.2) is 24.2 Å². The smallest absolute Gasteiger partial charge is 0.149 e. The van der Waals surface area contributed by atoms with Crippen molar-refractivity contribution in [3.63, 3.8) is 0 Å². The molecule has 0 amide bonds. The number of rotatable bonds is 7. The van der Waals surface area contributed by atoms with Gasteiger partial charge in [-0.1, -0.05) is 148 Å². The number of para-hydroxylation sites is 4. The van der Waals surface area contributed by atoms with E-state index in [0.29, 0.717) is 0 Å². The molecule has 0 saturated heterocycles. The molecule has 6 aromatic carbocycles. The third-order valence-corrected chi connectivity index (χ3v) is 12.3. The predicted octanol–water partition coefficient (Wildman–Crippen LogP) is 15.1. The molecular weight excluding hydrogens is 745 g/mol. The van der Waals surface area contributed by atoms with Crippen molar-refractivity contribution in [1.29, 1.82) is 0 Å². The Morgan fingerprint density at radius 1 is 0.557 bits per heavy atom. The summed E-state index contributed by atoms with van der Waals surface area (Å²) in [6.07, 6.45) is 1.88. The Balaban J connectivity index is 1.45. The van der Waals surface area contributed by atoms with Crippen molar-refractivity contribution in [2.24, 2.45) is 0 Å². The maximum Gasteiger partial charge on any atom is 0.149 e. The minimum Gasteiger partial charge on any atom is -0.507 e. The number of aromatic nitrogens is 4. The van der Waals surface area contributed by atoms with Crippen molar-refractivity contribution in [2.45, 2.75) is 91.9 Å². The molecule has 0 atom stereocenters. The van der Waals surface area contributed by atoms with E-state index in [0.717, 1.165) is 83.7 Å². The summed E-state index contributed by atoms with van der Waals surface area (Å²) < 4.78 is 4.74. The zero-order valence-electron chi connectivity index (χ0n) is 37.2. The monoisotopic (exact) mass is 800 g/mol. The first-order chi connectivity index (χ1) is 29.1.